The number of hydrogen-bond donors (Lipinski definition) is 0. The molecule has 3 aliphatic rings. The number of ketones is 1. The summed E-state index contributed by atoms with van der Waals surface area (Å²) < 4.78 is 85.1. The van der Waals surface area contributed by atoms with E-state index in [0.29, 0.717) is 45.3 Å². The summed E-state index contributed by atoms with van der Waals surface area (Å²) in [6, 6.07) is 3.70. The van der Waals surface area contributed by atoms with E-state index in [1.807, 2.05) is 6.92 Å². The number of rotatable bonds is 9. The largest absolute Gasteiger partial charge is 0.471 e. The maximum absolute atomic E-state index is 15.1. The van der Waals surface area contributed by atoms with Gasteiger partial charge in [-0.2, -0.15) is 13.2 Å². The summed E-state index contributed by atoms with van der Waals surface area (Å²) in [7, 11) is -3.55. The molecule has 39 heavy (non-hydrogen) atoms. The second-order valence-electron chi connectivity index (χ2n) is 11.1. The molecule has 1 aromatic heterocycles. The molecular weight excluding hydrogens is 560 g/mol. The molecule has 2 aliphatic carbocycles. The summed E-state index contributed by atoms with van der Waals surface area (Å²) >= 11 is 5.66. The van der Waals surface area contributed by atoms with Crippen molar-refractivity contribution >= 4 is 27.2 Å². The van der Waals surface area contributed by atoms with Crippen molar-refractivity contribution in [2.45, 2.75) is 74.9 Å². The first kappa shape index (κ1) is 28.3. The third kappa shape index (κ3) is 6.57. The van der Waals surface area contributed by atoms with Crippen molar-refractivity contribution in [2.24, 2.45) is 0 Å². The lowest BCUT2D eigenvalue weighted by Crippen LogP contribution is -2.46. The summed E-state index contributed by atoms with van der Waals surface area (Å²) in [4.78, 5) is 18.7. The van der Waals surface area contributed by atoms with E-state index in [1.165, 1.54) is 12.1 Å². The lowest BCUT2D eigenvalue weighted by Gasteiger charge is -2.39. The molecule has 2 saturated carbocycles. The number of ether oxygens (including phenoxy) is 1. The van der Waals surface area contributed by atoms with Crippen molar-refractivity contribution in [3.05, 3.63) is 57.5 Å². The van der Waals surface area contributed by atoms with Crippen LogP contribution in [0.25, 0.3) is 0 Å². The molecule has 6 nitrogen and oxygen atoms in total. The van der Waals surface area contributed by atoms with E-state index in [4.69, 9.17) is 16.3 Å². The number of pyridine rings is 1. The molecule has 12 heteroatoms. The Bertz CT molecular complexity index is 1380. The highest BCUT2D eigenvalue weighted by atomic mass is 35.5. The van der Waals surface area contributed by atoms with Crippen LogP contribution in [-0.4, -0.2) is 53.8 Å². The molecule has 0 atom stereocenters. The Kier molecular flexibility index (Phi) is 7.47. The molecule has 5 rings (SSSR count). The van der Waals surface area contributed by atoms with Gasteiger partial charge >= 0.3 is 6.18 Å². The fourth-order valence-electron chi connectivity index (χ4n) is 5.03. The highest BCUT2D eigenvalue weighted by Gasteiger charge is 2.39. The van der Waals surface area contributed by atoms with Crippen molar-refractivity contribution in [2.75, 3.05) is 18.8 Å². The van der Waals surface area contributed by atoms with E-state index in [-0.39, 0.29) is 17.4 Å². The van der Waals surface area contributed by atoms with Crippen LogP contribution in [0.3, 0.4) is 0 Å². The Morgan fingerprint density at radius 2 is 1.82 bits per heavy atom. The second kappa shape index (κ2) is 10.3. The summed E-state index contributed by atoms with van der Waals surface area (Å²) in [5, 5.41) is -0.978. The van der Waals surface area contributed by atoms with Gasteiger partial charge in [0.2, 0.25) is 5.88 Å². The quantitative estimate of drug-likeness (QED) is 0.266. The van der Waals surface area contributed by atoms with Gasteiger partial charge in [-0.25, -0.2) is 17.8 Å². The number of nitrogens with zero attached hydrogens (tertiary/aromatic N) is 2. The maximum atomic E-state index is 15.1. The standard InChI is InChI=1S/C27H29ClF4N2O4S/c1-26(38-25-12-21(27(30,31)32)22(28)13-33-25)6-8-34(9-7-26)14-17-10-23(29)20(11-19(17)16-2-3-16)24(35)15-39(36,37)18-4-5-18/h10-13,16,18H,2-9,14-15H2,1H3. The normalized spacial score (nSPS) is 20.2. The predicted molar refractivity (Wildman–Crippen MR) is 137 cm³/mol. The molecule has 0 radical (unpaired) electrons. The predicted octanol–water partition coefficient (Wildman–Crippen LogP) is 5.96. The zero-order chi connectivity index (χ0) is 28.2. The van der Waals surface area contributed by atoms with Crippen molar-refractivity contribution in [3.8, 4) is 5.88 Å². The minimum atomic E-state index is -4.62. The number of carbonyl (C=O) groups excluding carboxylic acids is 1. The van der Waals surface area contributed by atoms with Crippen LogP contribution >= 0.6 is 11.6 Å². The van der Waals surface area contributed by atoms with Gasteiger partial charge in [0.05, 0.1) is 27.6 Å². The van der Waals surface area contributed by atoms with E-state index >= 15 is 4.39 Å². The number of alkyl halides is 3. The molecule has 0 bridgehead atoms. The first-order valence-electron chi connectivity index (χ1n) is 13.0. The summed E-state index contributed by atoms with van der Waals surface area (Å²) in [6.45, 7) is 3.37. The van der Waals surface area contributed by atoms with Gasteiger partial charge in [0, 0.05) is 25.7 Å². The Balaban J connectivity index is 1.25. The van der Waals surface area contributed by atoms with Crippen molar-refractivity contribution in [3.63, 3.8) is 0 Å². The lowest BCUT2D eigenvalue weighted by atomic mass is 9.92. The maximum Gasteiger partial charge on any atom is 0.418 e. The molecule has 3 fully saturated rings. The molecule has 0 amide bonds. The van der Waals surface area contributed by atoms with E-state index < -0.39 is 54.8 Å². The van der Waals surface area contributed by atoms with Crippen LogP contribution in [0.5, 0.6) is 5.88 Å². The van der Waals surface area contributed by atoms with Crippen LogP contribution in [0.15, 0.2) is 24.4 Å². The van der Waals surface area contributed by atoms with Crippen LogP contribution in [0.4, 0.5) is 17.6 Å². The van der Waals surface area contributed by atoms with Crippen LogP contribution in [0.1, 0.15) is 78.4 Å². The van der Waals surface area contributed by atoms with E-state index in [2.05, 4.69) is 9.88 Å². The molecule has 1 aromatic carbocycles. The molecule has 0 unspecified atom stereocenters. The fourth-order valence-corrected chi connectivity index (χ4v) is 6.86. The second-order valence-corrected chi connectivity index (χ2v) is 13.8. The topological polar surface area (TPSA) is 76.6 Å². The average molecular weight is 589 g/mol. The number of piperidine rings is 1. The zero-order valence-electron chi connectivity index (χ0n) is 21.4. The SMILES string of the molecule is CC1(Oc2cc(C(F)(F)F)c(Cl)cn2)CCN(Cc2cc(F)c(C(=O)CS(=O)(=O)C3CC3)cc2C2CC2)CC1. The number of sulfone groups is 1. The molecular formula is C27H29ClF4N2O4S. The average Bonchev–Trinajstić information content (AvgIpc) is 3.74. The van der Waals surface area contributed by atoms with E-state index in [9.17, 15) is 26.4 Å². The first-order chi connectivity index (χ1) is 18.2. The summed E-state index contributed by atoms with van der Waals surface area (Å²) in [5.41, 5.74) is -0.280. The molecule has 2 aromatic rings. The van der Waals surface area contributed by atoms with Gasteiger partial charge in [-0.05, 0) is 74.6 Å². The fraction of sp³-hybridized carbons (Fsp3) is 0.556. The highest BCUT2D eigenvalue weighted by Crippen LogP contribution is 2.43. The van der Waals surface area contributed by atoms with Gasteiger partial charge in [-0.15, -0.1) is 0 Å². The lowest BCUT2D eigenvalue weighted by molar-refractivity contribution is -0.137. The molecule has 1 aliphatic heterocycles. The third-order valence-electron chi connectivity index (χ3n) is 7.71. The zero-order valence-corrected chi connectivity index (χ0v) is 22.9. The minimum Gasteiger partial charge on any atom is -0.471 e. The monoisotopic (exact) mass is 588 g/mol. The highest BCUT2D eigenvalue weighted by molar-refractivity contribution is 7.93. The van der Waals surface area contributed by atoms with Crippen LogP contribution in [0, 0.1) is 5.82 Å². The number of halogens is 5. The molecule has 0 spiro atoms. The van der Waals surface area contributed by atoms with Crippen LogP contribution < -0.4 is 4.74 Å². The number of carbonyl (C=O) groups is 1. The summed E-state index contributed by atoms with van der Waals surface area (Å²) in [5.74, 6) is -2.03. The van der Waals surface area contributed by atoms with E-state index in [1.54, 1.807) is 0 Å². The van der Waals surface area contributed by atoms with Crippen molar-refractivity contribution in [1.82, 2.24) is 9.88 Å². The Labute approximate surface area is 229 Å². The van der Waals surface area contributed by atoms with E-state index in [0.717, 1.165) is 36.2 Å². The van der Waals surface area contributed by atoms with Crippen molar-refractivity contribution in [1.29, 1.82) is 0 Å². The van der Waals surface area contributed by atoms with Gasteiger partial charge < -0.3 is 4.74 Å². The van der Waals surface area contributed by atoms with Gasteiger partial charge in [-0.3, -0.25) is 9.69 Å². The van der Waals surface area contributed by atoms with Gasteiger partial charge in [0.1, 0.15) is 17.2 Å². The molecule has 1 saturated heterocycles. The number of Topliss-reactive ketones (excluding diaryl/α,β-unsaturated/α-hetero) is 1. The number of likely N-dealkylation sites (tertiary alicyclic amines) is 1. The van der Waals surface area contributed by atoms with Crippen LogP contribution in [0.2, 0.25) is 5.02 Å². The molecule has 212 valence electrons. The third-order valence-corrected chi connectivity index (χ3v) is 10.2. The van der Waals surface area contributed by atoms with Gasteiger partial charge in [0.25, 0.3) is 0 Å². The minimum absolute atomic E-state index is 0.148. The van der Waals surface area contributed by atoms with Crippen LogP contribution in [-0.2, 0) is 22.6 Å². The Morgan fingerprint density at radius 3 is 2.41 bits per heavy atom. The Morgan fingerprint density at radius 1 is 1.15 bits per heavy atom. The molecule has 0 N–H and O–H groups in total. The van der Waals surface area contributed by atoms with Gasteiger partial charge in [-0.1, -0.05) is 11.6 Å². The first-order valence-corrected chi connectivity index (χ1v) is 15.0. The number of hydrogen-bond acceptors (Lipinski definition) is 6. The Hall–Kier alpha value is -2.24. The van der Waals surface area contributed by atoms with Crippen molar-refractivity contribution < 1.29 is 35.5 Å². The molecule has 2 heterocycles. The summed E-state index contributed by atoms with van der Waals surface area (Å²) in [6.07, 6.45) is 0.277. The number of benzene rings is 1. The van der Waals surface area contributed by atoms with Gasteiger partial charge in [0.15, 0.2) is 15.6 Å². The number of aromatic nitrogens is 1. The smallest absolute Gasteiger partial charge is 0.418 e.